The van der Waals surface area contributed by atoms with E-state index in [0.717, 1.165) is 10.6 Å². The Hall–Kier alpha value is -4.55. The van der Waals surface area contributed by atoms with E-state index in [1.54, 1.807) is 0 Å². The average Bonchev–Trinajstić information content (AvgIpc) is 3.30. The minimum Gasteiger partial charge on any atom is -0.330 e. The molecule has 1 atom stereocenters. The van der Waals surface area contributed by atoms with Gasteiger partial charge in [0.15, 0.2) is 0 Å². The van der Waals surface area contributed by atoms with Crippen LogP contribution in [0.3, 0.4) is 0 Å². The van der Waals surface area contributed by atoms with E-state index in [9.17, 15) is 32.3 Å². The van der Waals surface area contributed by atoms with Crippen LogP contribution in [-0.2, 0) is 29.4 Å². The molecule has 0 spiro atoms. The number of halogens is 3. The first-order chi connectivity index (χ1) is 17.8. The van der Waals surface area contributed by atoms with Gasteiger partial charge in [-0.25, -0.2) is 9.78 Å². The summed E-state index contributed by atoms with van der Waals surface area (Å²) >= 11 is 0. The van der Waals surface area contributed by atoms with Crippen molar-refractivity contribution in [1.82, 2.24) is 23.7 Å². The van der Waals surface area contributed by atoms with Crippen molar-refractivity contribution < 1.29 is 22.8 Å². The van der Waals surface area contributed by atoms with Crippen molar-refractivity contribution >= 4 is 28.5 Å². The lowest BCUT2D eigenvalue weighted by atomic mass is 10.1. The maximum atomic E-state index is 13.3. The van der Waals surface area contributed by atoms with Crippen LogP contribution in [0.25, 0.3) is 22.3 Å². The van der Waals surface area contributed by atoms with Crippen LogP contribution in [0.5, 0.6) is 0 Å². The monoisotopic (exact) mass is 528 g/mol. The first-order valence-electron chi connectivity index (χ1n) is 11.4. The minimum absolute atomic E-state index is 0.0584. The molecule has 0 saturated heterocycles. The molecule has 10 nitrogen and oxygen atoms in total. The number of carbonyl (C=O) groups excluding carboxylic acids is 2. The number of fused-ring (bicyclic) bond motifs is 1. The van der Waals surface area contributed by atoms with Gasteiger partial charge in [-0.2, -0.15) is 13.2 Å². The largest absolute Gasteiger partial charge is 0.418 e. The van der Waals surface area contributed by atoms with Crippen molar-refractivity contribution in [3.63, 3.8) is 0 Å². The number of aromatic nitrogens is 5. The van der Waals surface area contributed by atoms with Crippen molar-refractivity contribution in [1.29, 1.82) is 0 Å². The molecule has 0 aliphatic carbocycles. The number of aryl methyl sites for hydroxylation is 2. The molecule has 0 radical (unpaired) electrons. The maximum absolute atomic E-state index is 13.3. The Kier molecular flexibility index (Phi) is 6.78. The molecule has 0 aliphatic rings. The Balaban J connectivity index is 1.66. The van der Waals surface area contributed by atoms with Crippen LogP contribution < -0.4 is 16.6 Å². The van der Waals surface area contributed by atoms with E-state index in [1.807, 2.05) is 0 Å². The lowest BCUT2D eigenvalue weighted by Gasteiger charge is -2.16. The fourth-order valence-corrected chi connectivity index (χ4v) is 4.09. The fraction of sp³-hybridized carbons (Fsp3) is 0.280. The summed E-state index contributed by atoms with van der Waals surface area (Å²) in [6, 6.07) is 5.99. The van der Waals surface area contributed by atoms with Gasteiger partial charge in [0, 0.05) is 30.7 Å². The summed E-state index contributed by atoms with van der Waals surface area (Å²) < 4.78 is 43.3. The highest BCUT2D eigenvalue weighted by molar-refractivity contribution is 5.94. The molecule has 198 valence electrons. The van der Waals surface area contributed by atoms with Crippen molar-refractivity contribution in [2.75, 3.05) is 5.32 Å². The third-order valence-corrected chi connectivity index (χ3v) is 6.09. The number of carbonyl (C=O) groups is 2. The van der Waals surface area contributed by atoms with Gasteiger partial charge in [-0.15, -0.1) is 0 Å². The van der Waals surface area contributed by atoms with Crippen molar-refractivity contribution in [3.05, 3.63) is 74.8 Å². The summed E-state index contributed by atoms with van der Waals surface area (Å²) in [5.74, 6) is -0.882. The number of ketones is 1. The van der Waals surface area contributed by atoms with Crippen molar-refractivity contribution in [2.24, 2.45) is 7.05 Å². The normalized spacial score (nSPS) is 12.5. The Morgan fingerprint density at radius 2 is 1.87 bits per heavy atom. The fourth-order valence-electron chi connectivity index (χ4n) is 4.09. The van der Waals surface area contributed by atoms with Crippen LogP contribution in [0.15, 0.2) is 52.3 Å². The van der Waals surface area contributed by atoms with Gasteiger partial charge in [0.05, 0.1) is 23.3 Å². The summed E-state index contributed by atoms with van der Waals surface area (Å²) in [5.41, 5.74) is -1.79. The zero-order chi connectivity index (χ0) is 27.9. The Labute approximate surface area is 213 Å². The Morgan fingerprint density at radius 3 is 2.53 bits per heavy atom. The quantitative estimate of drug-likeness (QED) is 0.411. The molecule has 0 fully saturated rings. The van der Waals surface area contributed by atoms with Crippen LogP contribution in [0.2, 0.25) is 0 Å². The van der Waals surface area contributed by atoms with Gasteiger partial charge in [-0.3, -0.25) is 28.5 Å². The molecular weight excluding hydrogens is 505 g/mol. The van der Waals surface area contributed by atoms with Crippen LogP contribution >= 0.6 is 0 Å². The number of hydrogen-bond acceptors (Lipinski definition) is 6. The Bertz CT molecular complexity index is 1700. The first-order valence-corrected chi connectivity index (χ1v) is 11.4. The van der Waals surface area contributed by atoms with Crippen molar-refractivity contribution in [3.8, 4) is 11.3 Å². The van der Waals surface area contributed by atoms with Gasteiger partial charge < -0.3 is 9.88 Å². The molecule has 4 aromatic rings. The number of rotatable bonds is 6. The van der Waals surface area contributed by atoms with Crippen LogP contribution in [-0.4, -0.2) is 35.4 Å². The summed E-state index contributed by atoms with van der Waals surface area (Å²) in [7, 11) is 1.45. The lowest BCUT2D eigenvalue weighted by Crippen LogP contribution is -2.41. The van der Waals surface area contributed by atoms with Gasteiger partial charge in [-0.1, -0.05) is 6.07 Å². The molecule has 1 N–H and O–H groups in total. The molecule has 0 aromatic carbocycles. The van der Waals surface area contributed by atoms with Gasteiger partial charge in [0.2, 0.25) is 5.91 Å². The molecule has 0 saturated carbocycles. The molecule has 4 aromatic heterocycles. The summed E-state index contributed by atoms with van der Waals surface area (Å²) in [4.78, 5) is 58.4. The zero-order valence-corrected chi connectivity index (χ0v) is 20.8. The van der Waals surface area contributed by atoms with Crippen LogP contribution in [0.4, 0.5) is 19.0 Å². The van der Waals surface area contributed by atoms with E-state index in [4.69, 9.17) is 0 Å². The highest BCUT2D eigenvalue weighted by Gasteiger charge is 2.33. The second-order valence-corrected chi connectivity index (χ2v) is 8.82. The zero-order valence-electron chi connectivity index (χ0n) is 20.8. The predicted molar refractivity (Wildman–Crippen MR) is 133 cm³/mol. The topological polar surface area (TPSA) is 121 Å². The number of nitrogens with one attached hydrogen (secondary N) is 1. The molecule has 0 bridgehead atoms. The number of alkyl halides is 3. The molecule has 0 unspecified atom stereocenters. The van der Waals surface area contributed by atoms with Crippen LogP contribution in [0, 0.1) is 6.92 Å². The van der Waals surface area contributed by atoms with Crippen molar-refractivity contribution in [2.45, 2.75) is 39.5 Å². The molecule has 1 amide bonds. The third kappa shape index (κ3) is 4.86. The molecule has 4 rings (SSSR count). The van der Waals surface area contributed by atoms with E-state index >= 15 is 0 Å². The lowest BCUT2D eigenvalue weighted by molar-refractivity contribution is -0.138. The highest BCUT2D eigenvalue weighted by atomic mass is 19.4. The summed E-state index contributed by atoms with van der Waals surface area (Å²) in [5, 5.41) is 2.61. The van der Waals surface area contributed by atoms with Gasteiger partial charge in [0.25, 0.3) is 5.56 Å². The van der Waals surface area contributed by atoms with E-state index in [2.05, 4.69) is 15.3 Å². The number of amides is 1. The van der Waals surface area contributed by atoms with E-state index in [-0.39, 0.29) is 39.6 Å². The minimum atomic E-state index is -4.58. The molecule has 13 heteroatoms. The van der Waals surface area contributed by atoms with Crippen LogP contribution in [0.1, 0.15) is 31.1 Å². The molecule has 4 heterocycles. The second-order valence-electron chi connectivity index (χ2n) is 8.82. The second kappa shape index (κ2) is 9.72. The molecule has 38 heavy (non-hydrogen) atoms. The average molecular weight is 528 g/mol. The number of Topliss-reactive ketones (excluding diaryl/α,β-unsaturated/α-hetero) is 1. The highest BCUT2D eigenvalue weighted by Crippen LogP contribution is 2.33. The maximum Gasteiger partial charge on any atom is 0.418 e. The standard InChI is InChI=1S/C25H23F3N6O4/c1-13(35)12-34-23(37)21-19(32(4)24(34)38)8-9-33(21)15(3)22(36)31-20-7-5-6-18(30-20)16-10-17(25(26,27)28)14(2)29-11-16/h5-11,15H,12H2,1-4H3,(H,30,31,36)/t15-/m0/s1. The Morgan fingerprint density at radius 1 is 1.16 bits per heavy atom. The predicted octanol–water partition coefficient (Wildman–Crippen LogP) is 3.07. The summed E-state index contributed by atoms with van der Waals surface area (Å²) in [6.45, 7) is 3.63. The van der Waals surface area contributed by atoms with E-state index in [0.29, 0.717) is 0 Å². The summed E-state index contributed by atoms with van der Waals surface area (Å²) in [6.07, 6.45) is -1.84. The number of anilines is 1. The van der Waals surface area contributed by atoms with Gasteiger partial charge in [-0.05, 0) is 45.0 Å². The molecule has 0 aliphatic heterocycles. The SMILES string of the molecule is CC(=O)Cn1c(=O)c2c(ccn2[C@@H](C)C(=O)Nc2cccc(-c3cnc(C)c(C(F)(F)F)c3)n2)n(C)c1=O. The van der Waals surface area contributed by atoms with E-state index < -0.39 is 41.5 Å². The van der Waals surface area contributed by atoms with Gasteiger partial charge >= 0.3 is 11.9 Å². The van der Waals surface area contributed by atoms with Gasteiger partial charge in [0.1, 0.15) is 23.2 Å². The molecular formula is C25H23F3N6O4. The number of hydrogen-bond donors (Lipinski definition) is 1. The first kappa shape index (κ1) is 26.5. The number of pyridine rings is 2. The number of nitrogens with zero attached hydrogens (tertiary/aromatic N) is 5. The van der Waals surface area contributed by atoms with E-state index in [1.165, 1.54) is 73.6 Å². The smallest absolute Gasteiger partial charge is 0.330 e. The third-order valence-electron chi connectivity index (χ3n) is 6.09.